The predicted octanol–water partition coefficient (Wildman–Crippen LogP) is 3.44. The van der Waals surface area contributed by atoms with Crippen molar-refractivity contribution in [3.8, 4) is 16.3 Å². The number of hydrogen-bond acceptors (Lipinski definition) is 7. The zero-order valence-electron chi connectivity index (χ0n) is 12.8. The van der Waals surface area contributed by atoms with Gasteiger partial charge in [0.25, 0.3) is 5.82 Å². The molecule has 6 nitrogen and oxygen atoms in total. The molecule has 2 N–H and O–H groups in total. The van der Waals surface area contributed by atoms with Crippen LogP contribution >= 0.6 is 23.1 Å². The number of hydrogen-bond donors (Lipinski definition) is 1. The average molecular weight is 387 g/mol. The third-order valence-corrected chi connectivity index (χ3v) is 5.06. The van der Waals surface area contributed by atoms with Crippen LogP contribution in [-0.2, 0) is 11.9 Å². The Morgan fingerprint density at radius 3 is 2.72 bits per heavy atom. The number of halogens is 3. The summed E-state index contributed by atoms with van der Waals surface area (Å²) in [4.78, 5) is 4.49. The molecule has 2 aromatic heterocycles. The summed E-state index contributed by atoms with van der Waals surface area (Å²) >= 11 is 2.46. The van der Waals surface area contributed by atoms with E-state index in [9.17, 15) is 13.2 Å². The third kappa shape index (κ3) is 3.71. The van der Waals surface area contributed by atoms with Gasteiger partial charge in [0.1, 0.15) is 10.8 Å². The molecule has 0 aliphatic rings. The van der Waals surface area contributed by atoms with Crippen LogP contribution in [-0.4, -0.2) is 27.0 Å². The monoisotopic (exact) mass is 387 g/mol. The van der Waals surface area contributed by atoms with Crippen LogP contribution in [0, 0.1) is 0 Å². The van der Waals surface area contributed by atoms with E-state index in [-0.39, 0.29) is 5.16 Å². The van der Waals surface area contributed by atoms with E-state index in [1.54, 1.807) is 7.11 Å². The Bertz CT molecular complexity index is 877. The molecule has 3 rings (SSSR count). The van der Waals surface area contributed by atoms with Crippen molar-refractivity contribution in [2.45, 2.75) is 17.1 Å². The Kier molecular flexibility index (Phi) is 4.86. The molecule has 0 aliphatic carbocycles. The van der Waals surface area contributed by atoms with Crippen molar-refractivity contribution in [2.24, 2.45) is 0 Å². The molecule has 0 aliphatic heterocycles. The van der Waals surface area contributed by atoms with Gasteiger partial charge in [0, 0.05) is 11.1 Å². The number of nitrogens with zero attached hydrogens (tertiary/aromatic N) is 4. The molecule has 0 radical (unpaired) electrons. The lowest BCUT2D eigenvalue weighted by Crippen LogP contribution is -2.21. The second-order valence-corrected chi connectivity index (χ2v) is 6.61. The summed E-state index contributed by atoms with van der Waals surface area (Å²) in [6.45, 7) is 0. The fourth-order valence-corrected chi connectivity index (χ4v) is 3.73. The van der Waals surface area contributed by atoms with E-state index >= 15 is 0 Å². The minimum absolute atomic E-state index is 0.0285. The Morgan fingerprint density at radius 2 is 2.04 bits per heavy atom. The Labute approximate surface area is 148 Å². The normalized spacial score (nSPS) is 11.7. The second kappa shape index (κ2) is 6.92. The Balaban J connectivity index is 1.74. The molecule has 0 bridgehead atoms. The topological polar surface area (TPSA) is 78.9 Å². The maximum atomic E-state index is 12.7. The van der Waals surface area contributed by atoms with Crippen LogP contribution in [0.15, 0.2) is 34.8 Å². The quantitative estimate of drug-likeness (QED) is 0.534. The summed E-state index contributed by atoms with van der Waals surface area (Å²) in [5.74, 6) is 5.19. The molecule has 3 aromatic rings. The lowest BCUT2D eigenvalue weighted by atomic mass is 10.2. The van der Waals surface area contributed by atoms with Gasteiger partial charge in [-0.2, -0.15) is 13.2 Å². The highest BCUT2D eigenvalue weighted by atomic mass is 32.2. The summed E-state index contributed by atoms with van der Waals surface area (Å²) < 4.78 is 43.7. The van der Waals surface area contributed by atoms with Crippen LogP contribution < -0.4 is 10.6 Å². The van der Waals surface area contributed by atoms with Gasteiger partial charge in [-0.1, -0.05) is 23.9 Å². The van der Waals surface area contributed by atoms with Crippen molar-refractivity contribution in [1.82, 2.24) is 19.9 Å². The summed E-state index contributed by atoms with van der Waals surface area (Å²) in [6.07, 6.45) is -4.64. The number of thiazole rings is 1. The number of nitrogens with two attached hydrogens (primary N) is 1. The van der Waals surface area contributed by atoms with E-state index in [2.05, 4.69) is 15.2 Å². The van der Waals surface area contributed by atoms with Crippen LogP contribution in [0.2, 0.25) is 0 Å². The van der Waals surface area contributed by atoms with Crippen LogP contribution in [0.3, 0.4) is 0 Å². The van der Waals surface area contributed by atoms with Crippen LogP contribution in [0.4, 0.5) is 13.2 Å². The fourth-order valence-electron chi connectivity index (χ4n) is 2.03. The molecule has 0 saturated carbocycles. The number of methoxy groups -OCH3 is 1. The molecular weight excluding hydrogens is 375 g/mol. The van der Waals surface area contributed by atoms with Crippen molar-refractivity contribution in [2.75, 3.05) is 13.0 Å². The summed E-state index contributed by atoms with van der Waals surface area (Å²) in [7, 11) is 1.58. The zero-order chi connectivity index (χ0) is 18.0. The maximum absolute atomic E-state index is 12.7. The molecule has 11 heteroatoms. The van der Waals surface area contributed by atoms with Crippen LogP contribution in [0.25, 0.3) is 10.6 Å². The first-order chi connectivity index (χ1) is 11.9. The molecule has 0 atom stereocenters. The van der Waals surface area contributed by atoms with Crippen molar-refractivity contribution < 1.29 is 17.9 Å². The van der Waals surface area contributed by atoms with E-state index in [0.717, 1.165) is 22.3 Å². The van der Waals surface area contributed by atoms with Crippen molar-refractivity contribution in [3.63, 3.8) is 0 Å². The van der Waals surface area contributed by atoms with Crippen LogP contribution in [0.1, 0.15) is 11.5 Å². The SMILES string of the molecule is COc1ccccc1-c1nc(CSc2nnc(C(F)(F)F)n2N)cs1. The highest BCUT2D eigenvalue weighted by molar-refractivity contribution is 7.98. The predicted molar refractivity (Wildman–Crippen MR) is 88.8 cm³/mol. The summed E-state index contributed by atoms with van der Waals surface area (Å²) in [6, 6.07) is 7.46. The van der Waals surface area contributed by atoms with Gasteiger partial charge in [-0.15, -0.1) is 21.5 Å². The van der Waals surface area contributed by atoms with Crippen molar-refractivity contribution in [3.05, 3.63) is 41.2 Å². The van der Waals surface area contributed by atoms with Crippen molar-refractivity contribution >= 4 is 23.1 Å². The van der Waals surface area contributed by atoms with Gasteiger partial charge in [0.15, 0.2) is 0 Å². The van der Waals surface area contributed by atoms with Gasteiger partial charge in [0.2, 0.25) is 5.16 Å². The molecule has 2 heterocycles. The fraction of sp³-hybridized carbons (Fsp3) is 0.214. The van der Waals surface area contributed by atoms with Gasteiger partial charge >= 0.3 is 6.18 Å². The first-order valence-corrected chi connectivity index (χ1v) is 8.75. The number of benzene rings is 1. The van der Waals surface area contributed by atoms with E-state index < -0.39 is 12.0 Å². The molecule has 1 aromatic carbocycles. The standard InChI is InChI=1S/C14H12F3N5OS2/c1-23-10-5-3-2-4-9(10)11-19-8(6-24-11)7-25-13-21-20-12(22(13)18)14(15,16)17/h2-6H,7,18H2,1H3. The molecule has 0 saturated heterocycles. The lowest BCUT2D eigenvalue weighted by Gasteiger charge is -2.05. The number of para-hydroxylation sites is 1. The van der Waals surface area contributed by atoms with E-state index in [4.69, 9.17) is 10.6 Å². The van der Waals surface area contributed by atoms with Gasteiger partial charge in [0.05, 0.1) is 18.4 Å². The average Bonchev–Trinajstić information content (AvgIpc) is 3.19. The number of thioether (sulfide) groups is 1. The minimum Gasteiger partial charge on any atom is -0.496 e. The molecule has 0 fully saturated rings. The minimum atomic E-state index is -4.64. The maximum Gasteiger partial charge on any atom is 0.453 e. The van der Waals surface area contributed by atoms with Crippen molar-refractivity contribution in [1.29, 1.82) is 0 Å². The van der Waals surface area contributed by atoms with E-state index in [1.165, 1.54) is 11.3 Å². The number of aromatic nitrogens is 4. The van der Waals surface area contributed by atoms with Crippen LogP contribution in [0.5, 0.6) is 5.75 Å². The van der Waals surface area contributed by atoms with E-state index in [1.807, 2.05) is 29.6 Å². The second-order valence-electron chi connectivity index (χ2n) is 4.81. The number of nitrogen functional groups attached to an aromatic ring is 1. The van der Waals surface area contributed by atoms with Gasteiger partial charge in [-0.3, -0.25) is 0 Å². The number of alkyl halides is 3. The van der Waals surface area contributed by atoms with E-state index in [0.29, 0.717) is 21.9 Å². The third-order valence-electron chi connectivity index (χ3n) is 3.16. The first kappa shape index (κ1) is 17.5. The highest BCUT2D eigenvalue weighted by Gasteiger charge is 2.38. The number of rotatable bonds is 5. The summed E-state index contributed by atoms with van der Waals surface area (Å²) in [5, 5.41) is 9.12. The smallest absolute Gasteiger partial charge is 0.453 e. The Hall–Kier alpha value is -2.27. The first-order valence-electron chi connectivity index (χ1n) is 6.88. The molecule has 132 valence electrons. The zero-order valence-corrected chi connectivity index (χ0v) is 14.5. The largest absolute Gasteiger partial charge is 0.496 e. The molecule has 25 heavy (non-hydrogen) atoms. The molecular formula is C14H12F3N5OS2. The molecule has 0 spiro atoms. The van der Waals surface area contributed by atoms with Gasteiger partial charge < -0.3 is 10.6 Å². The molecule has 0 unspecified atom stereocenters. The number of ether oxygens (including phenoxy) is 1. The Morgan fingerprint density at radius 1 is 1.28 bits per heavy atom. The lowest BCUT2D eigenvalue weighted by molar-refractivity contribution is -0.146. The highest BCUT2D eigenvalue weighted by Crippen LogP contribution is 2.34. The van der Waals surface area contributed by atoms with Gasteiger partial charge in [-0.05, 0) is 12.1 Å². The molecule has 0 amide bonds. The van der Waals surface area contributed by atoms with Gasteiger partial charge in [-0.25, -0.2) is 9.66 Å². The summed E-state index contributed by atoms with van der Waals surface area (Å²) in [5.41, 5.74) is 1.56.